The fourth-order valence-corrected chi connectivity index (χ4v) is 3.95. The maximum absolute atomic E-state index is 12.9. The van der Waals surface area contributed by atoms with Crippen LogP contribution in [0.25, 0.3) is 22.4 Å². The second-order valence-corrected chi connectivity index (χ2v) is 8.32. The van der Waals surface area contributed by atoms with Gasteiger partial charge in [0.25, 0.3) is 11.4 Å². The zero-order valence-electron chi connectivity index (χ0n) is 18.1. The van der Waals surface area contributed by atoms with Crippen molar-refractivity contribution >= 4 is 16.8 Å². The third-order valence-corrected chi connectivity index (χ3v) is 5.66. The fraction of sp³-hybridized carbons (Fsp3) is 0.417. The van der Waals surface area contributed by atoms with Crippen molar-refractivity contribution in [3.63, 3.8) is 0 Å². The first kappa shape index (κ1) is 21.0. The second-order valence-electron chi connectivity index (χ2n) is 8.32. The number of carbonyl (C=O) groups is 1. The second kappa shape index (κ2) is 9.29. The number of fused-ring (bicyclic) bond motifs is 1. The van der Waals surface area contributed by atoms with E-state index in [0.29, 0.717) is 29.3 Å². The smallest absolute Gasteiger partial charge is 0.258 e. The van der Waals surface area contributed by atoms with E-state index in [1.54, 1.807) is 0 Å². The van der Waals surface area contributed by atoms with Gasteiger partial charge < -0.3 is 9.84 Å². The lowest BCUT2D eigenvalue weighted by molar-refractivity contribution is -0.121. The molecular formula is C24H28N4O3. The molecule has 7 heteroatoms. The number of benzene rings is 1. The molecule has 1 aromatic carbocycles. The van der Waals surface area contributed by atoms with Crippen molar-refractivity contribution in [2.75, 3.05) is 6.54 Å². The quantitative estimate of drug-likeness (QED) is 0.579. The first-order valence-corrected chi connectivity index (χ1v) is 10.9. The lowest BCUT2D eigenvalue weighted by Gasteiger charge is -2.14. The molecule has 1 N–H and O–H groups in total. The van der Waals surface area contributed by atoms with E-state index < -0.39 is 0 Å². The Morgan fingerprint density at radius 3 is 2.84 bits per heavy atom. The topological polar surface area (TPSA) is 90.0 Å². The van der Waals surface area contributed by atoms with Gasteiger partial charge in [0.15, 0.2) is 5.82 Å². The number of carbonyl (C=O) groups excluding carboxylic acids is 1. The van der Waals surface area contributed by atoms with Crippen molar-refractivity contribution in [2.45, 2.75) is 58.4 Å². The van der Waals surface area contributed by atoms with Crippen LogP contribution in [0.4, 0.5) is 0 Å². The van der Waals surface area contributed by atoms with Crippen molar-refractivity contribution in [3.05, 3.63) is 58.2 Å². The molecule has 1 aliphatic rings. The van der Waals surface area contributed by atoms with Crippen molar-refractivity contribution in [3.8, 4) is 11.5 Å². The van der Waals surface area contributed by atoms with Gasteiger partial charge >= 0.3 is 0 Å². The van der Waals surface area contributed by atoms with Gasteiger partial charge in [0, 0.05) is 23.9 Å². The summed E-state index contributed by atoms with van der Waals surface area (Å²) in [4.78, 5) is 29.9. The number of para-hydroxylation sites is 1. The Morgan fingerprint density at radius 1 is 1.26 bits per heavy atom. The van der Waals surface area contributed by atoms with Crippen LogP contribution in [0, 0.1) is 0 Å². The molecular weight excluding hydrogens is 392 g/mol. The Kier molecular flexibility index (Phi) is 6.30. The van der Waals surface area contributed by atoms with Gasteiger partial charge in [0.05, 0.1) is 11.1 Å². The zero-order chi connectivity index (χ0) is 21.8. The fourth-order valence-electron chi connectivity index (χ4n) is 3.95. The summed E-state index contributed by atoms with van der Waals surface area (Å²) in [6.45, 7) is 4.53. The van der Waals surface area contributed by atoms with E-state index in [1.165, 1.54) is 29.0 Å². The molecule has 0 spiro atoms. The number of nitrogens with one attached hydrogen (secondary N) is 1. The first-order valence-electron chi connectivity index (χ1n) is 10.9. The number of aromatic nitrogens is 3. The van der Waals surface area contributed by atoms with Crippen molar-refractivity contribution in [1.82, 2.24) is 20.0 Å². The highest BCUT2D eigenvalue weighted by Crippen LogP contribution is 2.27. The van der Waals surface area contributed by atoms with Gasteiger partial charge in [-0.2, -0.15) is 4.98 Å². The van der Waals surface area contributed by atoms with E-state index in [1.807, 2.05) is 38.1 Å². The molecule has 0 aliphatic heterocycles. The Morgan fingerprint density at radius 2 is 2.10 bits per heavy atom. The van der Waals surface area contributed by atoms with Crippen LogP contribution >= 0.6 is 0 Å². The van der Waals surface area contributed by atoms with Crippen LogP contribution in [0.15, 0.2) is 51.3 Å². The van der Waals surface area contributed by atoms with Gasteiger partial charge in [-0.3, -0.25) is 14.2 Å². The minimum atomic E-state index is -0.275. The Hall–Kier alpha value is -3.22. The van der Waals surface area contributed by atoms with E-state index in [0.717, 1.165) is 24.6 Å². The highest BCUT2D eigenvalue weighted by molar-refractivity contribution is 5.93. The molecule has 0 radical (unpaired) electrons. The lowest BCUT2D eigenvalue weighted by Crippen LogP contribution is -2.33. The van der Waals surface area contributed by atoms with E-state index in [-0.39, 0.29) is 23.9 Å². The summed E-state index contributed by atoms with van der Waals surface area (Å²) in [6.07, 6.45) is 7.89. The number of allylic oxidation sites excluding steroid dienone is 1. The van der Waals surface area contributed by atoms with Crippen LogP contribution in [-0.2, 0) is 11.3 Å². The summed E-state index contributed by atoms with van der Waals surface area (Å²) in [7, 11) is 0. The summed E-state index contributed by atoms with van der Waals surface area (Å²) in [6, 6.07) is 8.94. The first-order chi connectivity index (χ1) is 15.0. The summed E-state index contributed by atoms with van der Waals surface area (Å²) in [5.74, 6) is 0.860. The molecule has 4 rings (SSSR count). The van der Waals surface area contributed by atoms with E-state index >= 15 is 0 Å². The lowest BCUT2D eigenvalue weighted by atomic mass is 9.97. The molecule has 31 heavy (non-hydrogen) atoms. The van der Waals surface area contributed by atoms with Crippen LogP contribution in [0.3, 0.4) is 0 Å². The molecule has 0 bridgehead atoms. The van der Waals surface area contributed by atoms with Crippen molar-refractivity contribution < 1.29 is 9.32 Å². The summed E-state index contributed by atoms with van der Waals surface area (Å²) in [5, 5.41) is 7.75. The molecule has 0 atom stereocenters. The largest absolute Gasteiger partial charge is 0.354 e. The molecule has 3 aromatic rings. The van der Waals surface area contributed by atoms with Gasteiger partial charge in [-0.05, 0) is 38.2 Å². The number of rotatable bonds is 7. The maximum Gasteiger partial charge on any atom is 0.258 e. The summed E-state index contributed by atoms with van der Waals surface area (Å²) in [5.41, 5.74) is 2.39. The van der Waals surface area contributed by atoms with Crippen LogP contribution < -0.4 is 10.9 Å². The molecule has 2 heterocycles. The minimum absolute atomic E-state index is 0.0280. The maximum atomic E-state index is 12.9. The van der Waals surface area contributed by atoms with Crippen LogP contribution in [0.2, 0.25) is 0 Å². The van der Waals surface area contributed by atoms with Gasteiger partial charge in [0.1, 0.15) is 6.54 Å². The third kappa shape index (κ3) is 4.76. The predicted molar refractivity (Wildman–Crippen MR) is 120 cm³/mol. The highest BCUT2D eigenvalue weighted by atomic mass is 16.5. The average molecular weight is 421 g/mol. The number of amides is 1. The average Bonchev–Trinajstić information content (AvgIpc) is 3.27. The monoisotopic (exact) mass is 420 g/mol. The Balaban J connectivity index is 1.55. The molecule has 0 saturated heterocycles. The standard InChI is InChI=1S/C24H28N4O3/c1-16(2)23-26-24(31-27-23)19-14-22(30)28(20-11-7-6-10-18(19)20)15-21(29)25-13-12-17-8-4-3-5-9-17/h6-8,10-11,14,16H,3-5,9,12-13,15H2,1-2H3,(H,25,29). The van der Waals surface area contributed by atoms with E-state index in [9.17, 15) is 9.59 Å². The van der Waals surface area contributed by atoms with Gasteiger partial charge in [-0.15, -0.1) is 0 Å². The molecule has 162 valence electrons. The molecule has 0 unspecified atom stereocenters. The Labute approximate surface area is 181 Å². The zero-order valence-corrected chi connectivity index (χ0v) is 18.1. The predicted octanol–water partition coefficient (Wildman–Crippen LogP) is 4.18. The molecule has 2 aromatic heterocycles. The number of hydrogen-bond donors (Lipinski definition) is 1. The van der Waals surface area contributed by atoms with E-state index in [2.05, 4.69) is 21.5 Å². The molecule has 1 amide bonds. The number of hydrogen-bond acceptors (Lipinski definition) is 5. The van der Waals surface area contributed by atoms with Crippen LogP contribution in [0.5, 0.6) is 0 Å². The van der Waals surface area contributed by atoms with E-state index in [4.69, 9.17) is 4.52 Å². The summed E-state index contributed by atoms with van der Waals surface area (Å²) >= 11 is 0. The van der Waals surface area contributed by atoms with Gasteiger partial charge in [-0.1, -0.05) is 48.9 Å². The summed E-state index contributed by atoms with van der Waals surface area (Å²) < 4.78 is 6.91. The SMILES string of the molecule is CC(C)c1noc(-c2cc(=O)n(CC(=O)NCCC3=CCCCC3)c3ccccc23)n1. The normalized spacial score (nSPS) is 14.1. The molecule has 0 fully saturated rings. The van der Waals surface area contributed by atoms with Crippen molar-refractivity contribution in [2.24, 2.45) is 0 Å². The third-order valence-electron chi connectivity index (χ3n) is 5.66. The van der Waals surface area contributed by atoms with Crippen LogP contribution in [0.1, 0.15) is 57.7 Å². The van der Waals surface area contributed by atoms with Crippen LogP contribution in [-0.4, -0.2) is 27.2 Å². The van der Waals surface area contributed by atoms with Gasteiger partial charge in [-0.25, -0.2) is 0 Å². The van der Waals surface area contributed by atoms with Gasteiger partial charge in [0.2, 0.25) is 5.91 Å². The number of pyridine rings is 1. The molecule has 0 saturated carbocycles. The highest BCUT2D eigenvalue weighted by Gasteiger charge is 2.18. The Bertz CT molecular complexity index is 1170. The minimum Gasteiger partial charge on any atom is -0.354 e. The number of nitrogens with zero attached hydrogens (tertiary/aromatic N) is 3. The van der Waals surface area contributed by atoms with Crippen molar-refractivity contribution in [1.29, 1.82) is 0 Å². The molecule has 7 nitrogen and oxygen atoms in total. The molecule has 1 aliphatic carbocycles.